The molecule has 1 spiro atoms. The van der Waals surface area contributed by atoms with Gasteiger partial charge in [0.25, 0.3) is 5.91 Å². The summed E-state index contributed by atoms with van der Waals surface area (Å²) in [4.78, 5) is 29.9. The number of carbonyl (C=O) groups is 2. The Hall–Kier alpha value is -3.68. The molecule has 4 rings (SSSR count). The van der Waals surface area contributed by atoms with Crippen LogP contribution >= 0.6 is 0 Å². The molecule has 2 aliphatic rings. The van der Waals surface area contributed by atoms with Crippen molar-refractivity contribution in [2.24, 2.45) is 11.1 Å². The average Bonchev–Trinajstić information content (AvgIpc) is 3.15. The molecule has 0 aromatic heterocycles. The van der Waals surface area contributed by atoms with Gasteiger partial charge in [-0.3, -0.25) is 9.59 Å². The molecule has 3 N–H and O–H groups in total. The Labute approximate surface area is 192 Å². The second-order valence-corrected chi connectivity index (χ2v) is 8.41. The summed E-state index contributed by atoms with van der Waals surface area (Å²) in [6.07, 6.45) is 4.44. The molecule has 0 bridgehead atoms. The molecule has 2 aromatic rings. The predicted octanol–water partition coefficient (Wildman–Crippen LogP) is 3.44. The zero-order valence-corrected chi connectivity index (χ0v) is 18.5. The van der Waals surface area contributed by atoms with Gasteiger partial charge in [0.15, 0.2) is 11.6 Å². The molecule has 7 nitrogen and oxygen atoms in total. The summed E-state index contributed by atoms with van der Waals surface area (Å²) in [6.45, 7) is 1.48. The third kappa shape index (κ3) is 3.97. The van der Waals surface area contributed by atoms with E-state index in [4.69, 9.17) is 15.9 Å². The normalized spacial score (nSPS) is 18.0. The number of carbonyl (C=O) groups excluding carboxylic acids is 2. The van der Waals surface area contributed by atoms with E-state index in [9.17, 15) is 14.0 Å². The number of halogens is 1. The van der Waals surface area contributed by atoms with Crippen molar-refractivity contribution in [3.05, 3.63) is 65.6 Å². The number of amides is 2. The number of ether oxygens (including phenoxy) is 1. The van der Waals surface area contributed by atoms with Gasteiger partial charge in [-0.2, -0.15) is 0 Å². The maximum absolute atomic E-state index is 14.0. The van der Waals surface area contributed by atoms with Gasteiger partial charge in [0.2, 0.25) is 5.91 Å². The van der Waals surface area contributed by atoms with Gasteiger partial charge in [0.05, 0.1) is 18.1 Å². The molecular formula is C25H27FN4O3. The molecule has 33 heavy (non-hydrogen) atoms. The average molecular weight is 451 g/mol. The van der Waals surface area contributed by atoms with E-state index in [0.29, 0.717) is 38.0 Å². The van der Waals surface area contributed by atoms with E-state index in [0.717, 1.165) is 17.7 Å². The van der Waals surface area contributed by atoms with Gasteiger partial charge in [-0.05, 0) is 49.1 Å². The zero-order valence-electron chi connectivity index (χ0n) is 18.5. The van der Waals surface area contributed by atoms with E-state index in [1.165, 1.54) is 31.7 Å². The number of benzene rings is 2. The van der Waals surface area contributed by atoms with E-state index < -0.39 is 11.2 Å². The molecule has 2 amide bonds. The van der Waals surface area contributed by atoms with Crippen LogP contribution in [-0.2, 0) is 4.79 Å². The lowest BCUT2D eigenvalue weighted by Gasteiger charge is -2.38. The Balaban J connectivity index is 1.45. The molecule has 0 saturated carbocycles. The molecule has 172 valence electrons. The van der Waals surface area contributed by atoms with Crippen LogP contribution in [0.3, 0.4) is 0 Å². The second-order valence-electron chi connectivity index (χ2n) is 8.41. The number of para-hydroxylation sites is 1. The molecule has 0 atom stereocenters. The van der Waals surface area contributed by atoms with Crippen molar-refractivity contribution in [3.8, 4) is 5.75 Å². The molecule has 2 aliphatic heterocycles. The molecule has 2 heterocycles. The quantitative estimate of drug-likeness (QED) is 0.682. The molecule has 2 aromatic carbocycles. The summed E-state index contributed by atoms with van der Waals surface area (Å²) in [6, 6.07) is 11.8. The number of nitrogens with two attached hydrogens (primary N) is 1. The third-order valence-corrected chi connectivity index (χ3v) is 6.77. The number of anilines is 1. The van der Waals surface area contributed by atoms with Crippen LogP contribution in [0.5, 0.6) is 5.75 Å². The van der Waals surface area contributed by atoms with Gasteiger partial charge < -0.3 is 25.7 Å². The van der Waals surface area contributed by atoms with Crippen molar-refractivity contribution < 1.29 is 18.7 Å². The minimum absolute atomic E-state index is 0.0509. The summed E-state index contributed by atoms with van der Waals surface area (Å²) >= 11 is 0. The van der Waals surface area contributed by atoms with Crippen molar-refractivity contribution in [1.82, 2.24) is 4.90 Å². The van der Waals surface area contributed by atoms with Gasteiger partial charge in [0.1, 0.15) is 0 Å². The smallest absolute Gasteiger partial charge is 0.257 e. The monoisotopic (exact) mass is 450 g/mol. The molecule has 2 saturated heterocycles. The van der Waals surface area contributed by atoms with E-state index in [2.05, 4.69) is 0 Å². The summed E-state index contributed by atoms with van der Waals surface area (Å²) in [5, 5.41) is 7.42. The van der Waals surface area contributed by atoms with Crippen LogP contribution in [0.25, 0.3) is 5.57 Å². The summed E-state index contributed by atoms with van der Waals surface area (Å²) in [5.74, 6) is -0.828. The topological polar surface area (TPSA) is 99.7 Å². The zero-order chi connectivity index (χ0) is 23.6. The highest BCUT2D eigenvalue weighted by atomic mass is 19.1. The fraction of sp³-hybridized carbons (Fsp3) is 0.320. The molecular weight excluding hydrogens is 423 g/mol. The lowest BCUT2D eigenvalue weighted by atomic mass is 9.77. The highest BCUT2D eigenvalue weighted by Crippen LogP contribution is 2.43. The van der Waals surface area contributed by atoms with Crippen LogP contribution in [-0.4, -0.2) is 49.7 Å². The van der Waals surface area contributed by atoms with Crippen molar-refractivity contribution in [2.45, 2.75) is 19.3 Å². The standard InChI is InChI=1S/C25H27FN4O3/c1-33-22-20(3-2-4-21(22)26)23(31)29-12-9-25(10-13-29)11-14-30(24(25)32)19-7-5-17(6-8-19)18(15-27)16-28/h2-8,15-16,27H,9-14,28H2,1H3/b18-16+,27-15?. The number of methoxy groups -OCH3 is 1. The summed E-state index contributed by atoms with van der Waals surface area (Å²) in [7, 11) is 1.34. The van der Waals surface area contributed by atoms with Crippen LogP contribution in [0.1, 0.15) is 35.2 Å². The third-order valence-electron chi connectivity index (χ3n) is 6.77. The summed E-state index contributed by atoms with van der Waals surface area (Å²) < 4.78 is 19.1. The lowest BCUT2D eigenvalue weighted by Crippen LogP contribution is -2.46. The van der Waals surface area contributed by atoms with Gasteiger partial charge in [-0.1, -0.05) is 18.2 Å². The summed E-state index contributed by atoms with van der Waals surface area (Å²) in [5.41, 5.74) is 7.50. The number of allylic oxidation sites excluding steroid dienone is 1. The minimum Gasteiger partial charge on any atom is -0.493 e. The van der Waals surface area contributed by atoms with E-state index in [-0.39, 0.29) is 23.1 Å². The molecule has 0 unspecified atom stereocenters. The first-order valence-corrected chi connectivity index (χ1v) is 10.9. The van der Waals surface area contributed by atoms with E-state index in [1.807, 2.05) is 24.3 Å². The van der Waals surface area contributed by atoms with Gasteiger partial charge in [0, 0.05) is 43.3 Å². The van der Waals surface area contributed by atoms with Crippen molar-refractivity contribution >= 4 is 29.3 Å². The number of hydrogen-bond donors (Lipinski definition) is 2. The maximum Gasteiger partial charge on any atom is 0.257 e. The number of piperidine rings is 1. The highest BCUT2D eigenvalue weighted by molar-refractivity contribution is 6.08. The second kappa shape index (κ2) is 9.05. The maximum atomic E-state index is 14.0. The SMILES string of the molecule is COc1c(F)cccc1C(=O)N1CCC2(CC1)CCN(c1ccc(/C(C=N)=C/N)cc1)C2=O. The number of hydrogen-bond acceptors (Lipinski definition) is 5. The van der Waals surface area contributed by atoms with Gasteiger partial charge in [-0.15, -0.1) is 0 Å². The van der Waals surface area contributed by atoms with Crippen LogP contribution in [0.15, 0.2) is 48.7 Å². The molecule has 8 heteroatoms. The minimum atomic E-state index is -0.570. The van der Waals surface area contributed by atoms with Crippen molar-refractivity contribution in [1.29, 1.82) is 5.41 Å². The Morgan fingerprint density at radius 2 is 1.79 bits per heavy atom. The van der Waals surface area contributed by atoms with Crippen LogP contribution in [0.4, 0.5) is 10.1 Å². The molecule has 2 fully saturated rings. The molecule has 0 aliphatic carbocycles. The van der Waals surface area contributed by atoms with Gasteiger partial charge >= 0.3 is 0 Å². The van der Waals surface area contributed by atoms with Crippen molar-refractivity contribution in [3.63, 3.8) is 0 Å². The largest absolute Gasteiger partial charge is 0.493 e. The number of likely N-dealkylation sites (tertiary alicyclic amines) is 1. The first-order chi connectivity index (χ1) is 15.9. The lowest BCUT2D eigenvalue weighted by molar-refractivity contribution is -0.127. The van der Waals surface area contributed by atoms with E-state index in [1.54, 1.807) is 15.9 Å². The first kappa shape index (κ1) is 22.5. The predicted molar refractivity (Wildman–Crippen MR) is 125 cm³/mol. The first-order valence-electron chi connectivity index (χ1n) is 10.9. The Bertz CT molecular complexity index is 1110. The van der Waals surface area contributed by atoms with Gasteiger partial charge in [-0.25, -0.2) is 4.39 Å². The highest BCUT2D eigenvalue weighted by Gasteiger charge is 2.49. The Morgan fingerprint density at radius 3 is 2.39 bits per heavy atom. The van der Waals surface area contributed by atoms with Crippen LogP contribution < -0.4 is 15.4 Å². The Morgan fingerprint density at radius 1 is 1.12 bits per heavy atom. The number of rotatable bonds is 5. The van der Waals surface area contributed by atoms with Crippen LogP contribution in [0.2, 0.25) is 0 Å². The number of nitrogens with zero attached hydrogens (tertiary/aromatic N) is 2. The fourth-order valence-corrected chi connectivity index (χ4v) is 4.79. The fourth-order valence-electron chi connectivity index (χ4n) is 4.79. The Kier molecular flexibility index (Phi) is 6.18. The molecule has 0 radical (unpaired) electrons. The van der Waals surface area contributed by atoms with Crippen molar-refractivity contribution in [2.75, 3.05) is 31.6 Å². The number of nitrogens with one attached hydrogen (secondary N) is 1. The van der Waals surface area contributed by atoms with E-state index >= 15 is 0 Å². The van der Waals surface area contributed by atoms with Crippen LogP contribution in [0, 0.1) is 16.6 Å².